The Morgan fingerprint density at radius 2 is 2.20 bits per heavy atom. The van der Waals surface area contributed by atoms with Crippen LogP contribution in [0.1, 0.15) is 17.4 Å². The van der Waals surface area contributed by atoms with Crippen LogP contribution in [0.5, 0.6) is 0 Å². The highest BCUT2D eigenvalue weighted by Crippen LogP contribution is 2.21. The molecule has 0 aliphatic heterocycles. The first kappa shape index (κ1) is 17.8. The Bertz CT molecular complexity index is 950. The summed E-state index contributed by atoms with van der Waals surface area (Å²) >= 11 is 3.13. The van der Waals surface area contributed by atoms with Gasteiger partial charge < -0.3 is 9.30 Å². The fourth-order valence-electron chi connectivity index (χ4n) is 2.57. The van der Waals surface area contributed by atoms with Gasteiger partial charge in [-0.3, -0.25) is 4.79 Å². The minimum atomic E-state index is -0.247. The van der Waals surface area contributed by atoms with Crippen molar-refractivity contribution in [2.75, 3.05) is 13.2 Å². The number of aromatic nitrogens is 1. The summed E-state index contributed by atoms with van der Waals surface area (Å²) in [7, 11) is 0. The Kier molecular flexibility index (Phi) is 5.96. The molecule has 0 N–H and O–H groups in total. The molecule has 0 bridgehead atoms. The molecule has 0 saturated carbocycles. The van der Waals surface area contributed by atoms with Crippen molar-refractivity contribution in [2.24, 2.45) is 4.99 Å². The largest absolute Gasteiger partial charge is 0.380 e. The second kappa shape index (κ2) is 8.38. The van der Waals surface area contributed by atoms with E-state index in [4.69, 9.17) is 4.74 Å². The number of amides is 1. The molecule has 0 saturated heterocycles. The summed E-state index contributed by atoms with van der Waals surface area (Å²) in [4.78, 5) is 18.3. The quantitative estimate of drug-likeness (QED) is 0.480. The van der Waals surface area contributed by atoms with Gasteiger partial charge >= 0.3 is 0 Å². The number of nitrogens with zero attached hydrogens (tertiary/aromatic N) is 2. The van der Waals surface area contributed by atoms with Gasteiger partial charge in [0.05, 0.1) is 16.8 Å². The molecule has 0 atom stereocenters. The van der Waals surface area contributed by atoms with E-state index >= 15 is 0 Å². The van der Waals surface area contributed by atoms with Crippen molar-refractivity contribution in [2.45, 2.75) is 20.4 Å². The number of rotatable bonds is 6. The molecule has 3 aromatic rings. The monoisotopic (exact) mass is 372 g/mol. The number of para-hydroxylation sites is 1. The predicted octanol–water partition coefficient (Wildman–Crippen LogP) is 4.25. The fraction of sp³-hybridized carbons (Fsp3) is 0.263. The highest BCUT2D eigenvalue weighted by atomic mass is 32.1. The molecule has 1 amide bonds. The van der Waals surface area contributed by atoms with Gasteiger partial charge in [-0.1, -0.05) is 29.5 Å². The molecule has 0 aliphatic rings. The minimum Gasteiger partial charge on any atom is -0.380 e. The molecule has 0 aliphatic carbocycles. The minimum absolute atomic E-state index is 0.247. The van der Waals surface area contributed by atoms with Crippen LogP contribution in [-0.2, 0) is 16.1 Å². The highest BCUT2D eigenvalue weighted by Gasteiger charge is 2.09. The summed E-state index contributed by atoms with van der Waals surface area (Å²) in [6.07, 6.45) is 3.33. The molecule has 2 aromatic heterocycles. The van der Waals surface area contributed by atoms with Gasteiger partial charge in [-0.15, -0.1) is 11.3 Å². The van der Waals surface area contributed by atoms with Gasteiger partial charge in [-0.25, -0.2) is 0 Å². The lowest BCUT2D eigenvalue weighted by Gasteiger charge is -2.07. The van der Waals surface area contributed by atoms with E-state index in [1.165, 1.54) is 23.0 Å². The zero-order valence-corrected chi connectivity index (χ0v) is 15.9. The zero-order chi connectivity index (χ0) is 17.6. The third-order valence-electron chi connectivity index (χ3n) is 3.71. The van der Waals surface area contributed by atoms with Crippen LogP contribution in [0.2, 0.25) is 0 Å². The van der Waals surface area contributed by atoms with Gasteiger partial charge in [0.15, 0.2) is 4.80 Å². The molecule has 25 heavy (non-hydrogen) atoms. The number of benzene rings is 1. The van der Waals surface area contributed by atoms with Crippen molar-refractivity contribution in [1.82, 2.24) is 4.57 Å². The lowest BCUT2D eigenvalue weighted by atomic mass is 10.2. The van der Waals surface area contributed by atoms with E-state index in [-0.39, 0.29) is 5.91 Å². The maximum Gasteiger partial charge on any atom is 0.272 e. The fourth-order valence-corrected chi connectivity index (χ4v) is 4.33. The molecule has 0 spiro atoms. The number of hydrogen-bond acceptors (Lipinski definition) is 4. The van der Waals surface area contributed by atoms with Crippen molar-refractivity contribution in [3.8, 4) is 0 Å². The SMILES string of the molecule is CCOCCn1c(=NC(=O)C=Cc2cccs2)sc2cccc(C)c21. The maximum atomic E-state index is 12.3. The number of thiazole rings is 1. The Labute approximate surface area is 154 Å². The number of thiophene rings is 1. The Morgan fingerprint density at radius 3 is 2.96 bits per heavy atom. The summed E-state index contributed by atoms with van der Waals surface area (Å²) in [6, 6.07) is 10.1. The van der Waals surface area contributed by atoms with Crippen LogP contribution in [0.25, 0.3) is 16.3 Å². The Balaban J connectivity index is 1.97. The van der Waals surface area contributed by atoms with Gasteiger partial charge in [0.25, 0.3) is 5.91 Å². The van der Waals surface area contributed by atoms with Crippen LogP contribution < -0.4 is 4.80 Å². The predicted molar refractivity (Wildman–Crippen MR) is 105 cm³/mol. The first-order chi connectivity index (χ1) is 12.2. The van der Waals surface area contributed by atoms with Crippen LogP contribution in [0, 0.1) is 6.92 Å². The molecule has 1 aromatic carbocycles. The molecule has 3 rings (SSSR count). The number of fused-ring (bicyclic) bond motifs is 1. The second-order valence-corrected chi connectivity index (χ2v) is 7.44. The van der Waals surface area contributed by atoms with Crippen molar-refractivity contribution in [1.29, 1.82) is 0 Å². The van der Waals surface area contributed by atoms with Crippen LogP contribution in [-0.4, -0.2) is 23.7 Å². The smallest absolute Gasteiger partial charge is 0.272 e. The van der Waals surface area contributed by atoms with E-state index in [9.17, 15) is 4.79 Å². The molecule has 0 radical (unpaired) electrons. The van der Waals surface area contributed by atoms with Gasteiger partial charge in [0.2, 0.25) is 0 Å². The van der Waals surface area contributed by atoms with E-state index in [0.717, 1.165) is 15.1 Å². The first-order valence-corrected chi connectivity index (χ1v) is 9.85. The summed E-state index contributed by atoms with van der Waals surface area (Å²) in [5.74, 6) is -0.247. The van der Waals surface area contributed by atoms with Crippen molar-refractivity contribution in [3.05, 3.63) is 57.0 Å². The zero-order valence-electron chi connectivity index (χ0n) is 14.3. The molecule has 4 nitrogen and oxygen atoms in total. The van der Waals surface area contributed by atoms with E-state index in [2.05, 4.69) is 28.6 Å². The molecule has 130 valence electrons. The van der Waals surface area contributed by atoms with Crippen molar-refractivity contribution in [3.63, 3.8) is 0 Å². The van der Waals surface area contributed by atoms with Crippen molar-refractivity contribution >= 4 is 44.9 Å². The van der Waals surface area contributed by atoms with Crippen LogP contribution in [0.4, 0.5) is 0 Å². The van der Waals surface area contributed by atoms with Crippen LogP contribution >= 0.6 is 22.7 Å². The van der Waals surface area contributed by atoms with Gasteiger partial charge in [0, 0.05) is 24.1 Å². The number of carbonyl (C=O) groups excluding carboxylic acids is 1. The van der Waals surface area contributed by atoms with Gasteiger partial charge in [0.1, 0.15) is 0 Å². The summed E-state index contributed by atoms with van der Waals surface area (Å²) in [6.45, 7) is 6.01. The number of ether oxygens (including phenoxy) is 1. The second-order valence-electron chi connectivity index (χ2n) is 5.45. The van der Waals surface area contributed by atoms with E-state index in [0.29, 0.717) is 24.6 Å². The summed E-state index contributed by atoms with van der Waals surface area (Å²) < 4.78 is 8.71. The molecular formula is C19H20N2O2S2. The Morgan fingerprint density at radius 1 is 1.32 bits per heavy atom. The summed E-state index contributed by atoms with van der Waals surface area (Å²) in [5, 5.41) is 1.98. The highest BCUT2D eigenvalue weighted by molar-refractivity contribution is 7.16. The van der Waals surface area contributed by atoms with E-state index in [1.54, 1.807) is 17.4 Å². The number of aryl methyl sites for hydroxylation is 1. The van der Waals surface area contributed by atoms with E-state index < -0.39 is 0 Å². The third kappa shape index (κ3) is 4.34. The number of hydrogen-bond donors (Lipinski definition) is 0. The molecule has 2 heterocycles. The average molecular weight is 373 g/mol. The standard InChI is InChI=1S/C19H20N2O2S2/c1-3-23-12-11-21-18-14(2)6-4-8-16(18)25-19(21)20-17(22)10-9-15-7-5-13-24-15/h4-10,13H,3,11-12H2,1-2H3. The number of carbonyl (C=O) groups is 1. The Hall–Kier alpha value is -2.02. The molecule has 6 heteroatoms. The van der Waals surface area contributed by atoms with Gasteiger partial charge in [-0.2, -0.15) is 4.99 Å². The lowest BCUT2D eigenvalue weighted by molar-refractivity contribution is -0.113. The maximum absolute atomic E-state index is 12.3. The molecular weight excluding hydrogens is 352 g/mol. The normalized spacial score (nSPS) is 12.5. The van der Waals surface area contributed by atoms with Crippen LogP contribution in [0.3, 0.4) is 0 Å². The molecule has 0 unspecified atom stereocenters. The first-order valence-electron chi connectivity index (χ1n) is 8.16. The average Bonchev–Trinajstić information content (AvgIpc) is 3.22. The van der Waals surface area contributed by atoms with Crippen LogP contribution in [0.15, 0.2) is 46.8 Å². The third-order valence-corrected chi connectivity index (χ3v) is 5.59. The van der Waals surface area contributed by atoms with Gasteiger partial charge in [-0.05, 0) is 43.0 Å². The summed E-state index contributed by atoms with van der Waals surface area (Å²) in [5.41, 5.74) is 2.30. The van der Waals surface area contributed by atoms with Crippen molar-refractivity contribution < 1.29 is 9.53 Å². The topological polar surface area (TPSA) is 43.6 Å². The molecule has 0 fully saturated rings. The van der Waals surface area contributed by atoms with E-state index in [1.807, 2.05) is 30.5 Å². The lowest BCUT2D eigenvalue weighted by Crippen LogP contribution is -2.19.